The molecule has 1 aliphatic rings. The monoisotopic (exact) mass is 440 g/mol. The topological polar surface area (TPSA) is 50.6 Å². The summed E-state index contributed by atoms with van der Waals surface area (Å²) < 4.78 is 6.95. The van der Waals surface area contributed by atoms with Crippen molar-refractivity contribution in [3.8, 4) is 0 Å². The van der Waals surface area contributed by atoms with Crippen LogP contribution in [0, 0.1) is 0 Å². The first kappa shape index (κ1) is 21.2. The van der Waals surface area contributed by atoms with Crippen LogP contribution in [0.3, 0.4) is 0 Å². The molecule has 1 fully saturated rings. The van der Waals surface area contributed by atoms with Crippen LogP contribution in [0.5, 0.6) is 0 Å². The molecule has 0 saturated carbocycles. The molecular formula is C27H28N4O2. The van der Waals surface area contributed by atoms with Crippen LogP contribution in [-0.2, 0) is 17.8 Å². The van der Waals surface area contributed by atoms with E-state index in [2.05, 4.69) is 68.0 Å². The maximum Gasteiger partial charge on any atom is 0.337 e. The fourth-order valence-corrected chi connectivity index (χ4v) is 4.53. The molecule has 6 nitrogen and oxygen atoms in total. The molecule has 0 N–H and O–H groups in total. The van der Waals surface area contributed by atoms with Crippen molar-refractivity contribution in [3.63, 3.8) is 0 Å². The standard InChI is InChI=1S/C27H28N4O2/c1-33-27(32)23-9-7-22(8-10-23)20-31-14-12-24-25(11-13-28-26(24)31)30-17-15-29(16-18-30)19-21-5-3-2-4-6-21/h2-14H,15-20H2,1H3. The van der Waals surface area contributed by atoms with Gasteiger partial charge >= 0.3 is 5.97 Å². The van der Waals surface area contributed by atoms with E-state index in [1.54, 1.807) is 12.1 Å². The summed E-state index contributed by atoms with van der Waals surface area (Å²) in [6.07, 6.45) is 4.01. The largest absolute Gasteiger partial charge is 0.465 e. The van der Waals surface area contributed by atoms with Gasteiger partial charge in [0.25, 0.3) is 0 Å². The van der Waals surface area contributed by atoms with E-state index in [4.69, 9.17) is 4.74 Å². The Morgan fingerprint density at radius 2 is 1.61 bits per heavy atom. The fraction of sp³-hybridized carbons (Fsp3) is 0.259. The maximum absolute atomic E-state index is 11.7. The minimum Gasteiger partial charge on any atom is -0.465 e. The van der Waals surface area contributed by atoms with E-state index in [9.17, 15) is 4.79 Å². The molecular weight excluding hydrogens is 412 g/mol. The third-order valence-electron chi connectivity index (χ3n) is 6.33. The van der Waals surface area contributed by atoms with Crippen LogP contribution in [0.4, 0.5) is 5.69 Å². The minimum atomic E-state index is -0.317. The highest BCUT2D eigenvalue weighted by Gasteiger charge is 2.20. The molecule has 6 heteroatoms. The number of fused-ring (bicyclic) bond motifs is 1. The molecule has 4 aromatic rings. The molecule has 5 rings (SSSR count). The predicted molar refractivity (Wildman–Crippen MR) is 131 cm³/mol. The van der Waals surface area contributed by atoms with E-state index >= 15 is 0 Å². The number of carbonyl (C=O) groups excluding carboxylic acids is 1. The number of hydrogen-bond acceptors (Lipinski definition) is 5. The lowest BCUT2D eigenvalue weighted by molar-refractivity contribution is 0.0600. The molecule has 0 amide bonds. The van der Waals surface area contributed by atoms with Gasteiger partial charge in [-0.3, -0.25) is 4.90 Å². The number of aromatic nitrogens is 2. The van der Waals surface area contributed by atoms with Crippen molar-refractivity contribution in [2.75, 3.05) is 38.2 Å². The van der Waals surface area contributed by atoms with Crippen molar-refractivity contribution < 1.29 is 9.53 Å². The van der Waals surface area contributed by atoms with Crippen molar-refractivity contribution in [2.24, 2.45) is 0 Å². The van der Waals surface area contributed by atoms with E-state index in [0.717, 1.165) is 43.9 Å². The molecule has 0 radical (unpaired) electrons. The molecule has 0 bridgehead atoms. The van der Waals surface area contributed by atoms with E-state index in [1.165, 1.54) is 23.7 Å². The highest BCUT2D eigenvalue weighted by Crippen LogP contribution is 2.28. The lowest BCUT2D eigenvalue weighted by Gasteiger charge is -2.36. The van der Waals surface area contributed by atoms with Gasteiger partial charge in [-0.15, -0.1) is 0 Å². The average molecular weight is 441 g/mol. The molecule has 0 atom stereocenters. The van der Waals surface area contributed by atoms with Gasteiger partial charge in [-0.25, -0.2) is 9.78 Å². The number of pyridine rings is 1. The van der Waals surface area contributed by atoms with Gasteiger partial charge in [0.2, 0.25) is 0 Å². The van der Waals surface area contributed by atoms with Crippen molar-refractivity contribution >= 4 is 22.7 Å². The summed E-state index contributed by atoms with van der Waals surface area (Å²) in [6, 6.07) is 22.5. The van der Waals surface area contributed by atoms with Gasteiger partial charge in [-0.05, 0) is 35.4 Å². The van der Waals surface area contributed by atoms with Gasteiger partial charge in [0.1, 0.15) is 5.65 Å². The lowest BCUT2D eigenvalue weighted by atomic mass is 10.1. The molecule has 2 aromatic heterocycles. The summed E-state index contributed by atoms with van der Waals surface area (Å²) in [4.78, 5) is 21.3. The van der Waals surface area contributed by atoms with Crippen molar-refractivity contribution in [2.45, 2.75) is 13.1 Å². The normalized spacial score (nSPS) is 14.5. The second-order valence-electron chi connectivity index (χ2n) is 8.45. The Morgan fingerprint density at radius 3 is 2.33 bits per heavy atom. The molecule has 3 heterocycles. The van der Waals surface area contributed by atoms with Crippen LogP contribution in [0.1, 0.15) is 21.5 Å². The van der Waals surface area contributed by atoms with Crippen LogP contribution in [0.25, 0.3) is 11.0 Å². The molecule has 1 saturated heterocycles. The first-order valence-corrected chi connectivity index (χ1v) is 11.3. The first-order valence-electron chi connectivity index (χ1n) is 11.3. The van der Waals surface area contributed by atoms with Gasteiger partial charge in [0.05, 0.1) is 12.7 Å². The smallest absolute Gasteiger partial charge is 0.337 e. The van der Waals surface area contributed by atoms with Gasteiger partial charge in [0, 0.05) is 62.7 Å². The first-order chi connectivity index (χ1) is 16.2. The van der Waals surface area contributed by atoms with Gasteiger partial charge in [-0.2, -0.15) is 0 Å². The summed E-state index contributed by atoms with van der Waals surface area (Å²) in [5, 5.41) is 1.18. The number of ether oxygens (including phenoxy) is 1. The predicted octanol–water partition coefficient (Wildman–Crippen LogP) is 4.19. The number of piperazine rings is 1. The Bertz CT molecular complexity index is 1230. The zero-order chi connectivity index (χ0) is 22.6. The average Bonchev–Trinajstić information content (AvgIpc) is 3.28. The lowest BCUT2D eigenvalue weighted by Crippen LogP contribution is -2.46. The maximum atomic E-state index is 11.7. The Morgan fingerprint density at radius 1 is 0.879 bits per heavy atom. The van der Waals surface area contributed by atoms with Crippen molar-refractivity contribution in [1.82, 2.24) is 14.5 Å². The molecule has 2 aromatic carbocycles. The van der Waals surface area contributed by atoms with E-state index in [-0.39, 0.29) is 5.97 Å². The van der Waals surface area contributed by atoms with Crippen molar-refractivity contribution in [3.05, 3.63) is 95.8 Å². The molecule has 0 aliphatic carbocycles. The Hall–Kier alpha value is -3.64. The molecule has 0 unspecified atom stereocenters. The van der Waals surface area contributed by atoms with Crippen LogP contribution >= 0.6 is 0 Å². The SMILES string of the molecule is COC(=O)c1ccc(Cn2ccc3c(N4CCN(Cc5ccccc5)CC4)ccnc32)cc1. The highest BCUT2D eigenvalue weighted by molar-refractivity contribution is 5.90. The van der Waals surface area contributed by atoms with E-state index in [0.29, 0.717) is 12.1 Å². The summed E-state index contributed by atoms with van der Waals surface area (Å²) in [5.41, 5.74) is 5.27. The molecule has 1 aliphatic heterocycles. The third-order valence-corrected chi connectivity index (χ3v) is 6.33. The fourth-order valence-electron chi connectivity index (χ4n) is 4.53. The number of benzene rings is 2. The van der Waals surface area contributed by atoms with Gasteiger partial charge in [-0.1, -0.05) is 42.5 Å². The second-order valence-corrected chi connectivity index (χ2v) is 8.45. The number of rotatable bonds is 6. The van der Waals surface area contributed by atoms with Crippen LogP contribution < -0.4 is 4.90 Å². The number of anilines is 1. The summed E-state index contributed by atoms with van der Waals surface area (Å²) in [7, 11) is 1.40. The van der Waals surface area contributed by atoms with E-state index in [1.807, 2.05) is 18.3 Å². The second kappa shape index (κ2) is 9.46. The molecule has 0 spiro atoms. The van der Waals surface area contributed by atoms with Crippen LogP contribution in [-0.4, -0.2) is 53.7 Å². The Balaban J connectivity index is 1.28. The highest BCUT2D eigenvalue weighted by atomic mass is 16.5. The van der Waals surface area contributed by atoms with Gasteiger partial charge < -0.3 is 14.2 Å². The van der Waals surface area contributed by atoms with Gasteiger partial charge in [0.15, 0.2) is 0 Å². The third kappa shape index (κ3) is 4.61. The summed E-state index contributed by atoms with van der Waals surface area (Å²) in [6.45, 7) is 5.81. The number of methoxy groups -OCH3 is 1. The van der Waals surface area contributed by atoms with Crippen molar-refractivity contribution in [1.29, 1.82) is 0 Å². The van der Waals surface area contributed by atoms with E-state index < -0.39 is 0 Å². The summed E-state index contributed by atoms with van der Waals surface area (Å²) >= 11 is 0. The molecule has 168 valence electrons. The zero-order valence-corrected chi connectivity index (χ0v) is 18.9. The number of nitrogens with zero attached hydrogens (tertiary/aromatic N) is 4. The number of carbonyl (C=O) groups is 1. The quantitative estimate of drug-likeness (QED) is 0.421. The zero-order valence-electron chi connectivity index (χ0n) is 18.9. The molecule has 33 heavy (non-hydrogen) atoms. The Labute approximate surface area is 194 Å². The Kier molecular flexibility index (Phi) is 6.09. The summed E-state index contributed by atoms with van der Waals surface area (Å²) in [5.74, 6) is -0.317. The van der Waals surface area contributed by atoms with Crippen LogP contribution in [0.2, 0.25) is 0 Å². The number of hydrogen-bond donors (Lipinski definition) is 0. The minimum absolute atomic E-state index is 0.317. The van der Waals surface area contributed by atoms with Crippen LogP contribution in [0.15, 0.2) is 79.1 Å². The number of esters is 1.